The minimum absolute atomic E-state index is 0.0398. The molecule has 0 spiro atoms. The first-order chi connectivity index (χ1) is 21.2. The molecule has 0 heterocycles. The molecule has 3 nitrogen and oxygen atoms in total. The number of hydrogen-bond acceptors (Lipinski definition) is 3. The zero-order chi connectivity index (χ0) is 35.7. The zero-order valence-electron chi connectivity index (χ0n) is 32.8. The molecule has 3 aromatic rings. The molecule has 0 aliphatic rings. The maximum atomic E-state index is 6.56. The van der Waals surface area contributed by atoms with E-state index in [1.807, 2.05) is 43.3 Å². The SMILES string of the molecule is CC(C)(C)CC(C)(C)c1ccc(OC(C)(Oc2ccc(C(C)(C)CC(C)(C)C)cc2)Oc2ccc(C(C)(C)CC(C)(C)C)cc2)cc1. The van der Waals surface area contributed by atoms with Gasteiger partial charge in [-0.2, -0.15) is 0 Å². The predicted molar refractivity (Wildman–Crippen MR) is 201 cm³/mol. The van der Waals surface area contributed by atoms with E-state index in [1.54, 1.807) is 0 Å². The molecule has 0 aliphatic carbocycles. The molecule has 0 unspecified atom stereocenters. The Labute approximate surface area is 288 Å². The molecule has 3 aromatic carbocycles. The maximum absolute atomic E-state index is 6.56. The lowest BCUT2D eigenvalue weighted by atomic mass is 9.72. The summed E-state index contributed by atoms with van der Waals surface area (Å²) in [7, 11) is 0. The summed E-state index contributed by atoms with van der Waals surface area (Å²) in [5.41, 5.74) is 4.66. The summed E-state index contributed by atoms with van der Waals surface area (Å²) in [5.74, 6) is 0.656. The molecule has 3 heteroatoms. The van der Waals surface area contributed by atoms with Gasteiger partial charge < -0.3 is 14.2 Å². The molecule has 3 rings (SSSR count). The van der Waals surface area contributed by atoms with Crippen LogP contribution in [0.25, 0.3) is 0 Å². The Morgan fingerprint density at radius 2 is 0.511 bits per heavy atom. The maximum Gasteiger partial charge on any atom is 0.414 e. The van der Waals surface area contributed by atoms with Crippen molar-refractivity contribution in [2.45, 2.75) is 152 Å². The van der Waals surface area contributed by atoms with Crippen LogP contribution < -0.4 is 14.2 Å². The van der Waals surface area contributed by atoms with Gasteiger partial charge in [0.15, 0.2) is 0 Å². The van der Waals surface area contributed by atoms with E-state index < -0.39 is 5.97 Å². The van der Waals surface area contributed by atoms with Crippen LogP contribution in [-0.2, 0) is 16.2 Å². The second-order valence-electron chi connectivity index (χ2n) is 19.6. The monoisotopic (exact) mass is 643 g/mol. The smallest absolute Gasteiger partial charge is 0.414 e. The molecular formula is C44H66O3. The van der Waals surface area contributed by atoms with Crippen LogP contribution in [-0.4, -0.2) is 5.97 Å². The largest absolute Gasteiger partial charge is 0.421 e. The van der Waals surface area contributed by atoms with Crippen molar-refractivity contribution in [2.75, 3.05) is 0 Å². The van der Waals surface area contributed by atoms with Crippen LogP contribution in [0.15, 0.2) is 72.8 Å². The van der Waals surface area contributed by atoms with Crippen LogP contribution in [0.4, 0.5) is 0 Å². The molecule has 260 valence electrons. The van der Waals surface area contributed by atoms with Crippen molar-refractivity contribution in [1.29, 1.82) is 0 Å². The van der Waals surface area contributed by atoms with Crippen molar-refractivity contribution >= 4 is 0 Å². The molecule has 0 atom stereocenters. The van der Waals surface area contributed by atoms with E-state index in [0.29, 0.717) is 17.2 Å². The molecule has 0 fully saturated rings. The molecule has 47 heavy (non-hydrogen) atoms. The Bertz CT molecular complexity index is 1240. The van der Waals surface area contributed by atoms with E-state index >= 15 is 0 Å². The summed E-state index contributed by atoms with van der Waals surface area (Å²) in [6.07, 6.45) is 3.24. The van der Waals surface area contributed by atoms with Crippen molar-refractivity contribution in [3.05, 3.63) is 89.5 Å². The van der Waals surface area contributed by atoms with Gasteiger partial charge in [-0.3, -0.25) is 0 Å². The minimum Gasteiger partial charge on any atom is -0.421 e. The average molecular weight is 643 g/mol. The standard InChI is InChI=1S/C44H66O3/c1-38(2,3)29-41(10,11)32-17-23-35(24-18-32)45-44(16,46-36-25-19-33(20-26-36)42(12,13)30-39(4,5)6)47-37-27-21-34(22-28-37)43(14,15)31-40(7,8)9/h17-28H,29-31H2,1-16H3. The summed E-state index contributed by atoms with van der Waals surface area (Å²) in [4.78, 5) is 0. The summed E-state index contributed by atoms with van der Waals surface area (Å²) >= 11 is 0. The van der Waals surface area contributed by atoms with Crippen LogP contribution in [0.5, 0.6) is 17.2 Å². The van der Waals surface area contributed by atoms with Crippen molar-refractivity contribution < 1.29 is 14.2 Å². The van der Waals surface area contributed by atoms with Crippen LogP contribution >= 0.6 is 0 Å². The Morgan fingerprint density at radius 1 is 0.319 bits per heavy atom. The quantitative estimate of drug-likeness (QED) is 0.184. The van der Waals surface area contributed by atoms with Crippen molar-refractivity contribution in [3.63, 3.8) is 0 Å². The Kier molecular flexibility index (Phi) is 11.1. The Hall–Kier alpha value is -2.94. The van der Waals surface area contributed by atoms with Gasteiger partial charge in [-0.05, 0) is 105 Å². The van der Waals surface area contributed by atoms with Gasteiger partial charge in [0.1, 0.15) is 17.2 Å². The molecule has 0 bridgehead atoms. The van der Waals surface area contributed by atoms with Gasteiger partial charge in [-0.15, -0.1) is 0 Å². The third kappa shape index (κ3) is 11.9. The molecule has 0 N–H and O–H groups in total. The van der Waals surface area contributed by atoms with Gasteiger partial charge in [0.05, 0.1) is 6.92 Å². The molecule has 0 saturated heterocycles. The first-order valence-electron chi connectivity index (χ1n) is 17.6. The Balaban J connectivity index is 1.92. The fourth-order valence-corrected chi connectivity index (χ4v) is 7.91. The molecule has 0 amide bonds. The molecule has 0 aliphatic heterocycles. The fraction of sp³-hybridized carbons (Fsp3) is 0.591. The number of hydrogen-bond donors (Lipinski definition) is 0. The van der Waals surface area contributed by atoms with E-state index in [2.05, 4.69) is 140 Å². The van der Waals surface area contributed by atoms with E-state index in [1.165, 1.54) is 16.7 Å². The molecule has 0 saturated carbocycles. The number of ether oxygens (including phenoxy) is 3. The normalized spacial score (nSPS) is 13.8. The zero-order valence-corrected chi connectivity index (χ0v) is 32.8. The summed E-state index contributed by atoms with van der Waals surface area (Å²) in [6.45, 7) is 36.3. The second kappa shape index (κ2) is 13.5. The highest BCUT2D eigenvalue weighted by Gasteiger charge is 2.35. The summed E-state index contributed by atoms with van der Waals surface area (Å²) in [5, 5.41) is 0. The van der Waals surface area contributed by atoms with Crippen LogP contribution in [0.2, 0.25) is 0 Å². The summed E-state index contributed by atoms with van der Waals surface area (Å²) < 4.78 is 19.7. The van der Waals surface area contributed by atoms with E-state index in [-0.39, 0.29) is 32.5 Å². The number of rotatable bonds is 12. The van der Waals surface area contributed by atoms with Gasteiger partial charge >= 0.3 is 5.97 Å². The van der Waals surface area contributed by atoms with Gasteiger partial charge in [0, 0.05) is 0 Å². The highest BCUT2D eigenvalue weighted by atomic mass is 16.9. The van der Waals surface area contributed by atoms with Crippen molar-refractivity contribution in [1.82, 2.24) is 0 Å². The van der Waals surface area contributed by atoms with Crippen LogP contribution in [0, 0.1) is 16.2 Å². The summed E-state index contributed by atoms with van der Waals surface area (Å²) in [6, 6.07) is 25.2. The highest BCUT2D eigenvalue weighted by molar-refractivity contribution is 5.35. The first-order valence-corrected chi connectivity index (χ1v) is 17.6. The Morgan fingerprint density at radius 3 is 0.681 bits per heavy atom. The van der Waals surface area contributed by atoms with E-state index in [0.717, 1.165) is 19.3 Å². The van der Waals surface area contributed by atoms with Crippen LogP contribution in [0.3, 0.4) is 0 Å². The van der Waals surface area contributed by atoms with Gasteiger partial charge in [0.25, 0.3) is 0 Å². The van der Waals surface area contributed by atoms with Gasteiger partial charge in [-0.1, -0.05) is 140 Å². The highest BCUT2D eigenvalue weighted by Crippen LogP contribution is 2.40. The van der Waals surface area contributed by atoms with Gasteiger partial charge in [-0.25, -0.2) is 0 Å². The van der Waals surface area contributed by atoms with Gasteiger partial charge in [0.2, 0.25) is 0 Å². The third-order valence-corrected chi connectivity index (χ3v) is 8.73. The molecule has 0 radical (unpaired) electrons. The lowest BCUT2D eigenvalue weighted by molar-refractivity contribution is -0.238. The fourth-order valence-electron chi connectivity index (χ4n) is 7.91. The topological polar surface area (TPSA) is 27.7 Å². The van der Waals surface area contributed by atoms with E-state index in [9.17, 15) is 0 Å². The third-order valence-electron chi connectivity index (χ3n) is 8.73. The second-order valence-corrected chi connectivity index (χ2v) is 19.6. The first kappa shape index (κ1) is 38.5. The van der Waals surface area contributed by atoms with E-state index in [4.69, 9.17) is 14.2 Å². The lowest BCUT2D eigenvalue weighted by Crippen LogP contribution is -2.45. The van der Waals surface area contributed by atoms with Crippen LogP contribution in [0.1, 0.15) is 147 Å². The predicted octanol–water partition coefficient (Wildman–Crippen LogP) is 13.0. The minimum atomic E-state index is -1.41. The van der Waals surface area contributed by atoms with Crippen molar-refractivity contribution in [2.24, 2.45) is 16.2 Å². The molecule has 0 aromatic heterocycles. The lowest BCUT2D eigenvalue weighted by Gasteiger charge is -2.34. The molecular weight excluding hydrogens is 576 g/mol. The van der Waals surface area contributed by atoms with Crippen molar-refractivity contribution in [3.8, 4) is 17.2 Å². The number of benzene rings is 3. The average Bonchev–Trinajstić information content (AvgIpc) is 2.85.